The van der Waals surface area contributed by atoms with Gasteiger partial charge in [-0.1, -0.05) is 13.8 Å². The summed E-state index contributed by atoms with van der Waals surface area (Å²) in [6.07, 6.45) is -4.28. The molecule has 1 nitrogen and oxygen atoms in total. The molecule has 0 aromatic heterocycles. The number of hydrogen-bond acceptors (Lipinski definition) is 1. The molecule has 70 valence electrons. The molecule has 0 aliphatic carbocycles. The fourth-order valence-corrected chi connectivity index (χ4v) is 0.116. The van der Waals surface area contributed by atoms with Crippen LogP contribution in [-0.2, 0) is 4.74 Å². The summed E-state index contributed by atoms with van der Waals surface area (Å²) in [6.45, 7) is 5.96. The second kappa shape index (κ2) is 4.59. The van der Waals surface area contributed by atoms with Crippen molar-refractivity contribution in [2.24, 2.45) is 0 Å². The Morgan fingerprint density at radius 1 is 1.00 bits per heavy atom. The molecular formula is C7H15F3O. The summed E-state index contributed by atoms with van der Waals surface area (Å²) in [4.78, 5) is 0. The fourth-order valence-electron chi connectivity index (χ4n) is 0.116. The van der Waals surface area contributed by atoms with Gasteiger partial charge in [-0.05, 0) is 13.8 Å². The Hall–Kier alpha value is -0.250. The van der Waals surface area contributed by atoms with Gasteiger partial charge in [0, 0.05) is 7.11 Å². The van der Waals surface area contributed by atoms with E-state index in [2.05, 4.69) is 4.74 Å². The van der Waals surface area contributed by atoms with Crippen LogP contribution in [0.15, 0.2) is 0 Å². The first-order valence-corrected chi connectivity index (χ1v) is 3.43. The largest absolute Gasteiger partial charge is 0.416 e. The van der Waals surface area contributed by atoms with Crippen LogP contribution in [0.3, 0.4) is 0 Å². The first kappa shape index (κ1) is 13.3. The van der Waals surface area contributed by atoms with Gasteiger partial charge in [0.2, 0.25) is 0 Å². The maximum absolute atomic E-state index is 11.7. The smallest absolute Gasteiger partial charge is 0.369 e. The van der Waals surface area contributed by atoms with Crippen LogP contribution in [0.2, 0.25) is 0 Å². The molecule has 0 unspecified atom stereocenters. The van der Waals surface area contributed by atoms with E-state index >= 15 is 0 Å². The minimum Gasteiger partial charge on any atom is -0.369 e. The van der Waals surface area contributed by atoms with Crippen molar-refractivity contribution in [3.8, 4) is 0 Å². The quantitative estimate of drug-likeness (QED) is 0.590. The zero-order valence-electron chi connectivity index (χ0n) is 7.54. The average molecular weight is 172 g/mol. The summed E-state index contributed by atoms with van der Waals surface area (Å²) in [7, 11) is 1.04. The van der Waals surface area contributed by atoms with E-state index in [-0.39, 0.29) is 0 Å². The Kier molecular flexibility index (Phi) is 5.57. The molecule has 0 aliphatic rings. The normalized spacial score (nSPS) is 12.0. The third-order valence-electron chi connectivity index (χ3n) is 1.19. The molecule has 0 amide bonds. The second-order valence-corrected chi connectivity index (χ2v) is 2.21. The molecular weight excluding hydrogens is 157 g/mol. The van der Waals surface area contributed by atoms with Crippen molar-refractivity contribution in [1.29, 1.82) is 0 Å². The zero-order chi connectivity index (χ0) is 9.71. The van der Waals surface area contributed by atoms with Crippen molar-refractivity contribution in [1.82, 2.24) is 0 Å². The highest BCUT2D eigenvalue weighted by atomic mass is 19.4. The van der Waals surface area contributed by atoms with E-state index in [0.29, 0.717) is 0 Å². The van der Waals surface area contributed by atoms with Crippen LogP contribution >= 0.6 is 0 Å². The lowest BCUT2D eigenvalue weighted by Gasteiger charge is -2.25. The van der Waals surface area contributed by atoms with Gasteiger partial charge in [-0.25, -0.2) is 0 Å². The lowest BCUT2D eigenvalue weighted by atomic mass is 10.1. The molecule has 0 aromatic rings. The zero-order valence-corrected chi connectivity index (χ0v) is 7.54. The van der Waals surface area contributed by atoms with E-state index in [1.807, 2.05) is 13.8 Å². The average Bonchev–Trinajstić information content (AvgIpc) is 1.90. The van der Waals surface area contributed by atoms with Crippen molar-refractivity contribution < 1.29 is 17.9 Å². The van der Waals surface area contributed by atoms with Crippen LogP contribution in [0, 0.1) is 0 Å². The van der Waals surface area contributed by atoms with E-state index in [1.165, 1.54) is 0 Å². The molecule has 0 aromatic carbocycles. The SMILES string of the molecule is CC.COC(C)(C)C(F)(F)F. The monoisotopic (exact) mass is 172 g/mol. The van der Waals surface area contributed by atoms with Crippen molar-refractivity contribution in [2.45, 2.75) is 39.5 Å². The highest BCUT2D eigenvalue weighted by Gasteiger charge is 2.47. The summed E-state index contributed by atoms with van der Waals surface area (Å²) in [5.74, 6) is 0. The van der Waals surface area contributed by atoms with Crippen molar-refractivity contribution in [3.63, 3.8) is 0 Å². The molecule has 0 bridgehead atoms. The molecule has 0 N–H and O–H groups in total. The third kappa shape index (κ3) is 4.24. The topological polar surface area (TPSA) is 9.23 Å². The second-order valence-electron chi connectivity index (χ2n) is 2.21. The summed E-state index contributed by atoms with van der Waals surface area (Å²) in [5, 5.41) is 0. The van der Waals surface area contributed by atoms with Gasteiger partial charge >= 0.3 is 6.18 Å². The number of rotatable bonds is 1. The Bertz CT molecular complexity index is 96.3. The van der Waals surface area contributed by atoms with Crippen LogP contribution in [0.5, 0.6) is 0 Å². The molecule has 11 heavy (non-hydrogen) atoms. The maximum atomic E-state index is 11.7. The molecule has 0 atom stereocenters. The van der Waals surface area contributed by atoms with Crippen LogP contribution in [0.4, 0.5) is 13.2 Å². The summed E-state index contributed by atoms with van der Waals surface area (Å²) >= 11 is 0. The summed E-state index contributed by atoms with van der Waals surface area (Å²) in [6, 6.07) is 0. The first-order chi connectivity index (χ1) is 4.81. The van der Waals surface area contributed by atoms with Crippen LogP contribution in [0.25, 0.3) is 0 Å². The lowest BCUT2D eigenvalue weighted by Crippen LogP contribution is -2.40. The minimum absolute atomic E-state index is 0.979. The molecule has 0 rings (SSSR count). The predicted octanol–water partition coefficient (Wildman–Crippen LogP) is 3.00. The van der Waals surface area contributed by atoms with Crippen molar-refractivity contribution >= 4 is 0 Å². The Morgan fingerprint density at radius 3 is 1.27 bits per heavy atom. The standard InChI is InChI=1S/C5H9F3O.C2H6/c1-4(2,9-3)5(6,7)8;1-2/h1-3H3;1-2H3. The predicted molar refractivity (Wildman–Crippen MR) is 38.5 cm³/mol. The van der Waals surface area contributed by atoms with E-state index < -0.39 is 11.8 Å². The highest BCUT2D eigenvalue weighted by Crippen LogP contribution is 2.31. The molecule has 0 saturated heterocycles. The number of ether oxygens (including phenoxy) is 1. The molecule has 0 saturated carbocycles. The molecule has 0 radical (unpaired) electrons. The Morgan fingerprint density at radius 2 is 1.27 bits per heavy atom. The van der Waals surface area contributed by atoms with E-state index in [9.17, 15) is 13.2 Å². The Balaban J connectivity index is 0. The van der Waals surface area contributed by atoms with Gasteiger partial charge in [-0.3, -0.25) is 0 Å². The van der Waals surface area contributed by atoms with Gasteiger partial charge in [-0.15, -0.1) is 0 Å². The first-order valence-electron chi connectivity index (χ1n) is 3.43. The van der Waals surface area contributed by atoms with Crippen molar-refractivity contribution in [3.05, 3.63) is 0 Å². The molecule has 0 aliphatic heterocycles. The van der Waals surface area contributed by atoms with E-state index in [4.69, 9.17) is 0 Å². The van der Waals surface area contributed by atoms with Crippen LogP contribution in [0.1, 0.15) is 27.7 Å². The van der Waals surface area contributed by atoms with Gasteiger partial charge in [0.25, 0.3) is 0 Å². The summed E-state index contributed by atoms with van der Waals surface area (Å²) in [5.41, 5.74) is -2.02. The molecule has 0 spiro atoms. The number of hydrogen-bond donors (Lipinski definition) is 0. The Labute approximate surface area is 65.5 Å². The summed E-state index contributed by atoms with van der Waals surface area (Å²) < 4.78 is 39.3. The molecule has 4 heteroatoms. The van der Waals surface area contributed by atoms with Gasteiger partial charge in [0.1, 0.15) is 0 Å². The minimum atomic E-state index is -4.28. The van der Waals surface area contributed by atoms with Crippen LogP contribution < -0.4 is 0 Å². The fraction of sp³-hybridized carbons (Fsp3) is 1.00. The van der Waals surface area contributed by atoms with Crippen molar-refractivity contribution in [2.75, 3.05) is 7.11 Å². The third-order valence-corrected chi connectivity index (χ3v) is 1.19. The molecule has 0 heterocycles. The maximum Gasteiger partial charge on any atom is 0.416 e. The van der Waals surface area contributed by atoms with Gasteiger partial charge in [0.05, 0.1) is 0 Å². The molecule has 0 fully saturated rings. The van der Waals surface area contributed by atoms with Gasteiger partial charge < -0.3 is 4.74 Å². The van der Waals surface area contributed by atoms with E-state index in [1.54, 1.807) is 0 Å². The number of halogens is 3. The van der Waals surface area contributed by atoms with Gasteiger partial charge in [-0.2, -0.15) is 13.2 Å². The van der Waals surface area contributed by atoms with Crippen LogP contribution in [-0.4, -0.2) is 18.9 Å². The van der Waals surface area contributed by atoms with E-state index in [0.717, 1.165) is 21.0 Å². The lowest BCUT2D eigenvalue weighted by molar-refractivity contribution is -0.255. The number of methoxy groups -OCH3 is 1. The number of alkyl halides is 3. The highest BCUT2D eigenvalue weighted by molar-refractivity contribution is 4.76. The van der Waals surface area contributed by atoms with Gasteiger partial charge in [0.15, 0.2) is 5.60 Å².